The molecule has 2 aliphatic rings. The second kappa shape index (κ2) is 8.81. The minimum atomic E-state index is -2.04. The lowest BCUT2D eigenvalue weighted by Crippen LogP contribution is -2.54. The molecule has 30 heavy (non-hydrogen) atoms. The Balaban J connectivity index is 2.28. The van der Waals surface area contributed by atoms with Crippen LogP contribution in [0, 0.1) is 17.8 Å². The summed E-state index contributed by atoms with van der Waals surface area (Å²) in [5.74, 6) is -0.0701. The van der Waals surface area contributed by atoms with Gasteiger partial charge in [-0.05, 0) is 32.0 Å². The predicted octanol–water partition coefficient (Wildman–Crippen LogP) is 4.29. The Morgan fingerprint density at radius 3 is 2.17 bits per heavy atom. The van der Waals surface area contributed by atoms with Gasteiger partial charge in [-0.2, -0.15) is 0 Å². The number of hydrogen-bond donors (Lipinski definition) is 0. The van der Waals surface area contributed by atoms with E-state index in [1.54, 1.807) is 19.0 Å². The minimum Gasteiger partial charge on any atom is -0.413 e. The largest absolute Gasteiger partial charge is 0.413 e. The molecule has 0 aromatic carbocycles. The molecule has 0 N–H and O–H groups in total. The first-order valence-corrected chi connectivity index (χ1v) is 14.3. The molecule has 0 aromatic heterocycles. The Labute approximate surface area is 185 Å². The third-order valence-electron chi connectivity index (χ3n) is 7.19. The maximum absolute atomic E-state index is 12.4. The zero-order valence-corrected chi connectivity index (χ0v) is 22.2. The molecule has 7 atom stereocenters. The normalized spacial score (nSPS) is 32.3. The van der Waals surface area contributed by atoms with Crippen molar-refractivity contribution in [2.24, 2.45) is 17.8 Å². The molecule has 2 aliphatic heterocycles. The van der Waals surface area contributed by atoms with Crippen molar-refractivity contribution >= 4 is 14.2 Å². The van der Waals surface area contributed by atoms with Crippen molar-refractivity contribution in [1.82, 2.24) is 4.90 Å². The van der Waals surface area contributed by atoms with Crippen LogP contribution in [0.2, 0.25) is 18.1 Å². The molecule has 0 saturated carbocycles. The highest BCUT2D eigenvalue weighted by atomic mass is 28.4. The SMILES string of the molecule is C[C@H]([C@H](O[Si](C)(C)C(C)(C)C)[C@H](C)[C@H]1O[C@@H]1C(=O)N(C)C)[C@@H]1OC(C)(C)OC[C@H]1C. The average molecular weight is 444 g/mol. The van der Waals surface area contributed by atoms with E-state index in [0.717, 1.165) is 0 Å². The van der Waals surface area contributed by atoms with E-state index in [9.17, 15) is 4.79 Å². The molecule has 2 heterocycles. The second-order valence-electron chi connectivity index (χ2n) is 11.6. The van der Waals surface area contributed by atoms with Gasteiger partial charge in [0, 0.05) is 31.8 Å². The molecule has 0 bridgehead atoms. The minimum absolute atomic E-state index is 0.0210. The maximum atomic E-state index is 12.4. The van der Waals surface area contributed by atoms with Crippen LogP contribution in [0.4, 0.5) is 0 Å². The van der Waals surface area contributed by atoms with Gasteiger partial charge in [-0.25, -0.2) is 0 Å². The zero-order valence-electron chi connectivity index (χ0n) is 21.2. The van der Waals surface area contributed by atoms with Gasteiger partial charge in [0.1, 0.15) is 0 Å². The van der Waals surface area contributed by atoms with Crippen LogP contribution in [0.3, 0.4) is 0 Å². The lowest BCUT2D eigenvalue weighted by molar-refractivity contribution is -0.304. The van der Waals surface area contributed by atoms with Gasteiger partial charge >= 0.3 is 0 Å². The molecule has 0 aliphatic carbocycles. The van der Waals surface area contributed by atoms with Gasteiger partial charge in [-0.3, -0.25) is 4.79 Å². The molecular formula is C23H45NO5Si. The Hall–Kier alpha value is -0.473. The monoisotopic (exact) mass is 443 g/mol. The van der Waals surface area contributed by atoms with Crippen molar-refractivity contribution < 1.29 is 23.4 Å². The van der Waals surface area contributed by atoms with Gasteiger partial charge < -0.3 is 23.5 Å². The van der Waals surface area contributed by atoms with Crippen LogP contribution in [0.25, 0.3) is 0 Å². The summed E-state index contributed by atoms with van der Waals surface area (Å²) in [4.78, 5) is 14.0. The van der Waals surface area contributed by atoms with Crippen LogP contribution in [0.5, 0.6) is 0 Å². The Kier molecular flexibility index (Phi) is 7.57. The van der Waals surface area contributed by atoms with Gasteiger partial charge in [-0.15, -0.1) is 0 Å². The standard InChI is InChI=1S/C23H45NO5Si/c1-14-13-26-23(7,8)28-17(14)15(2)18(29-30(11,12)22(4,5)6)16(3)19-20(27-19)21(25)24(9)10/h14-20H,13H2,1-12H3/t14-,15+,16+,17-,18+,19-,20+/m1/s1. The van der Waals surface area contributed by atoms with Crippen LogP contribution in [-0.4, -0.2) is 70.0 Å². The van der Waals surface area contributed by atoms with Crippen LogP contribution in [0.1, 0.15) is 55.4 Å². The van der Waals surface area contributed by atoms with Crippen molar-refractivity contribution in [2.75, 3.05) is 20.7 Å². The number of likely N-dealkylation sites (N-methyl/N-ethyl adjacent to an activating group) is 1. The first-order chi connectivity index (χ1) is 13.5. The Morgan fingerprint density at radius 2 is 1.67 bits per heavy atom. The van der Waals surface area contributed by atoms with Crippen molar-refractivity contribution in [3.63, 3.8) is 0 Å². The number of carbonyl (C=O) groups is 1. The smallest absolute Gasteiger partial charge is 0.253 e. The molecule has 1 amide bonds. The molecule has 0 spiro atoms. The highest BCUT2D eigenvalue weighted by Crippen LogP contribution is 2.44. The highest BCUT2D eigenvalue weighted by molar-refractivity contribution is 6.74. The topological polar surface area (TPSA) is 60.5 Å². The zero-order chi connectivity index (χ0) is 23.2. The lowest BCUT2D eigenvalue weighted by Gasteiger charge is -2.48. The van der Waals surface area contributed by atoms with E-state index in [4.69, 9.17) is 18.6 Å². The summed E-state index contributed by atoms with van der Waals surface area (Å²) < 4.78 is 25.1. The van der Waals surface area contributed by atoms with Crippen molar-refractivity contribution in [2.45, 2.75) is 104 Å². The molecule has 176 valence electrons. The van der Waals surface area contributed by atoms with Crippen LogP contribution >= 0.6 is 0 Å². The van der Waals surface area contributed by atoms with Crippen LogP contribution in [-0.2, 0) is 23.4 Å². The van der Waals surface area contributed by atoms with E-state index >= 15 is 0 Å². The summed E-state index contributed by atoms with van der Waals surface area (Å²) in [5, 5.41) is 0.0926. The van der Waals surface area contributed by atoms with Gasteiger partial charge in [0.2, 0.25) is 0 Å². The lowest BCUT2D eigenvalue weighted by atomic mass is 9.82. The van der Waals surface area contributed by atoms with Crippen molar-refractivity contribution in [3.05, 3.63) is 0 Å². The third-order valence-corrected chi connectivity index (χ3v) is 11.7. The first kappa shape index (κ1) is 25.8. The van der Waals surface area contributed by atoms with E-state index < -0.39 is 14.1 Å². The number of carbonyl (C=O) groups excluding carboxylic acids is 1. The number of hydrogen-bond acceptors (Lipinski definition) is 5. The Bertz CT molecular complexity index is 615. The molecule has 0 aromatic rings. The Morgan fingerprint density at radius 1 is 1.13 bits per heavy atom. The summed E-state index contributed by atoms with van der Waals surface area (Å²) in [5.41, 5.74) is 0. The van der Waals surface area contributed by atoms with E-state index in [0.29, 0.717) is 6.61 Å². The fourth-order valence-corrected chi connectivity index (χ4v) is 5.55. The number of ether oxygens (including phenoxy) is 3. The predicted molar refractivity (Wildman–Crippen MR) is 122 cm³/mol. The average Bonchev–Trinajstić information content (AvgIpc) is 3.39. The van der Waals surface area contributed by atoms with Gasteiger partial charge in [-0.1, -0.05) is 41.5 Å². The number of nitrogens with zero attached hydrogens (tertiary/aromatic N) is 1. The summed E-state index contributed by atoms with van der Waals surface area (Å²) in [7, 11) is 1.51. The number of rotatable bonds is 7. The van der Waals surface area contributed by atoms with Gasteiger partial charge in [0.15, 0.2) is 20.2 Å². The van der Waals surface area contributed by atoms with E-state index in [2.05, 4.69) is 54.6 Å². The van der Waals surface area contributed by atoms with Crippen molar-refractivity contribution in [1.29, 1.82) is 0 Å². The molecule has 7 heteroatoms. The molecule has 0 radical (unpaired) electrons. The van der Waals surface area contributed by atoms with Crippen molar-refractivity contribution in [3.8, 4) is 0 Å². The number of amides is 1. The van der Waals surface area contributed by atoms with Crippen LogP contribution < -0.4 is 0 Å². The van der Waals surface area contributed by atoms with E-state index in [1.807, 2.05) is 13.8 Å². The molecule has 2 saturated heterocycles. The molecule has 2 fully saturated rings. The summed E-state index contributed by atoms with van der Waals surface area (Å²) in [6.07, 6.45) is -0.512. The van der Waals surface area contributed by atoms with E-state index in [-0.39, 0.29) is 53.1 Å². The molecule has 6 nitrogen and oxygen atoms in total. The molecule has 0 unspecified atom stereocenters. The third kappa shape index (κ3) is 5.65. The van der Waals surface area contributed by atoms with E-state index in [1.165, 1.54) is 0 Å². The fourth-order valence-electron chi connectivity index (χ4n) is 4.09. The maximum Gasteiger partial charge on any atom is 0.253 e. The summed E-state index contributed by atoms with van der Waals surface area (Å²) in [6, 6.07) is 0. The number of epoxide rings is 1. The first-order valence-electron chi connectivity index (χ1n) is 11.3. The fraction of sp³-hybridized carbons (Fsp3) is 0.957. The van der Waals surface area contributed by atoms with Gasteiger partial charge in [0.05, 0.1) is 24.9 Å². The quantitative estimate of drug-likeness (QED) is 0.434. The summed E-state index contributed by atoms with van der Waals surface area (Å²) in [6.45, 7) is 22.5. The second-order valence-corrected chi connectivity index (χ2v) is 16.3. The highest BCUT2D eigenvalue weighted by Gasteiger charge is 2.54. The molecular weight excluding hydrogens is 398 g/mol. The molecule has 2 rings (SSSR count). The van der Waals surface area contributed by atoms with Gasteiger partial charge in [0.25, 0.3) is 5.91 Å². The summed E-state index contributed by atoms with van der Waals surface area (Å²) >= 11 is 0. The van der Waals surface area contributed by atoms with Crippen LogP contribution in [0.15, 0.2) is 0 Å².